The van der Waals surface area contributed by atoms with E-state index in [2.05, 4.69) is 4.74 Å². The first-order valence-corrected chi connectivity index (χ1v) is 4.54. The number of methoxy groups -OCH3 is 1. The third-order valence-corrected chi connectivity index (χ3v) is 2.10. The summed E-state index contributed by atoms with van der Waals surface area (Å²) < 4.78 is 55.7. The molecule has 6 heteroatoms. The van der Waals surface area contributed by atoms with Gasteiger partial charge >= 0.3 is 6.18 Å². The minimum atomic E-state index is -4.78. The van der Waals surface area contributed by atoms with Gasteiger partial charge in [0.2, 0.25) is 0 Å². The Kier molecular flexibility index (Phi) is 3.74. The largest absolute Gasteiger partial charge is 0.496 e. The summed E-state index contributed by atoms with van der Waals surface area (Å²) in [6.45, 7) is 0.0839. The molecule has 16 heavy (non-hydrogen) atoms. The molecule has 0 fully saturated rings. The van der Waals surface area contributed by atoms with Gasteiger partial charge in [-0.15, -0.1) is 0 Å². The normalized spacial score (nSPS) is 11.6. The fourth-order valence-electron chi connectivity index (χ4n) is 1.38. The van der Waals surface area contributed by atoms with Crippen LogP contribution in [0.2, 0.25) is 0 Å². The molecule has 0 bridgehead atoms. The molecule has 0 atom stereocenters. The van der Waals surface area contributed by atoms with E-state index in [1.54, 1.807) is 0 Å². The number of hydrogen-bond acceptors (Lipinski definition) is 2. The second kappa shape index (κ2) is 4.69. The maximum Gasteiger partial charge on any atom is 0.422 e. The van der Waals surface area contributed by atoms with Crippen LogP contribution in [0.4, 0.5) is 17.6 Å². The smallest absolute Gasteiger partial charge is 0.422 e. The van der Waals surface area contributed by atoms with Crippen LogP contribution in [0, 0.1) is 5.82 Å². The van der Waals surface area contributed by atoms with Crippen LogP contribution in [0.15, 0.2) is 12.1 Å². The molecular weight excluding hydrogens is 226 g/mol. The maximum absolute atomic E-state index is 13.5. The summed E-state index contributed by atoms with van der Waals surface area (Å²) >= 11 is 0. The van der Waals surface area contributed by atoms with Gasteiger partial charge in [0.15, 0.2) is 0 Å². The second-order valence-electron chi connectivity index (χ2n) is 3.15. The van der Waals surface area contributed by atoms with Gasteiger partial charge in [-0.3, -0.25) is 0 Å². The maximum atomic E-state index is 13.5. The number of ether oxygens (including phenoxy) is 1. The van der Waals surface area contributed by atoms with Crippen LogP contribution in [0.1, 0.15) is 11.1 Å². The molecule has 0 aliphatic rings. The van der Waals surface area contributed by atoms with Gasteiger partial charge in [0.05, 0.1) is 7.11 Å². The van der Waals surface area contributed by atoms with Crippen LogP contribution in [-0.4, -0.2) is 13.7 Å². The van der Waals surface area contributed by atoms with E-state index in [0.717, 1.165) is 13.2 Å². The Morgan fingerprint density at radius 1 is 1.31 bits per heavy atom. The molecule has 2 N–H and O–H groups in total. The monoisotopic (exact) mass is 237 g/mol. The van der Waals surface area contributed by atoms with Crippen molar-refractivity contribution in [3.8, 4) is 5.75 Å². The van der Waals surface area contributed by atoms with Gasteiger partial charge in [0, 0.05) is 0 Å². The summed E-state index contributed by atoms with van der Waals surface area (Å²) in [5, 5.41) is 0. The summed E-state index contributed by atoms with van der Waals surface area (Å²) in [7, 11) is 1.06. The lowest BCUT2D eigenvalue weighted by Gasteiger charge is -2.14. The van der Waals surface area contributed by atoms with Crippen molar-refractivity contribution in [2.75, 3.05) is 13.7 Å². The van der Waals surface area contributed by atoms with Crippen molar-refractivity contribution in [1.82, 2.24) is 0 Å². The first-order chi connectivity index (χ1) is 7.41. The number of hydrogen-bond donors (Lipinski definition) is 1. The Morgan fingerprint density at radius 3 is 2.38 bits per heavy atom. The van der Waals surface area contributed by atoms with Crippen molar-refractivity contribution in [3.63, 3.8) is 0 Å². The van der Waals surface area contributed by atoms with Crippen molar-refractivity contribution >= 4 is 0 Å². The number of rotatable bonds is 3. The molecule has 0 heterocycles. The summed E-state index contributed by atoms with van der Waals surface area (Å²) in [6, 6.07) is 2.34. The quantitative estimate of drug-likeness (QED) is 0.819. The first kappa shape index (κ1) is 12.8. The van der Waals surface area contributed by atoms with Gasteiger partial charge in [0.25, 0.3) is 0 Å². The lowest BCUT2D eigenvalue weighted by Crippen LogP contribution is -2.14. The van der Waals surface area contributed by atoms with Gasteiger partial charge < -0.3 is 10.5 Å². The fourth-order valence-corrected chi connectivity index (χ4v) is 1.38. The van der Waals surface area contributed by atoms with Crippen LogP contribution >= 0.6 is 0 Å². The van der Waals surface area contributed by atoms with Crippen LogP contribution in [0.5, 0.6) is 5.75 Å². The van der Waals surface area contributed by atoms with E-state index in [1.165, 1.54) is 6.07 Å². The molecule has 90 valence electrons. The van der Waals surface area contributed by atoms with Crippen molar-refractivity contribution in [2.45, 2.75) is 12.6 Å². The zero-order chi connectivity index (χ0) is 12.3. The molecule has 0 aliphatic heterocycles. The Morgan fingerprint density at radius 2 is 1.94 bits per heavy atom. The van der Waals surface area contributed by atoms with E-state index in [0.29, 0.717) is 0 Å². The molecule has 2 nitrogen and oxygen atoms in total. The second-order valence-corrected chi connectivity index (χ2v) is 3.15. The molecule has 0 aliphatic carbocycles. The van der Waals surface area contributed by atoms with Gasteiger partial charge in [-0.25, -0.2) is 4.39 Å². The highest BCUT2D eigenvalue weighted by molar-refractivity contribution is 5.41. The SMILES string of the molecule is COc1ccc(CCN)c(F)c1C(F)(F)F. The summed E-state index contributed by atoms with van der Waals surface area (Å²) in [6.07, 6.45) is -4.72. The number of halogens is 4. The molecule has 1 rings (SSSR count). The predicted octanol–water partition coefficient (Wildman–Crippen LogP) is 2.35. The van der Waals surface area contributed by atoms with Crippen molar-refractivity contribution in [3.05, 3.63) is 29.1 Å². The molecule has 1 aromatic rings. The predicted molar refractivity (Wildman–Crippen MR) is 50.7 cm³/mol. The van der Waals surface area contributed by atoms with Crippen LogP contribution in [-0.2, 0) is 12.6 Å². The van der Waals surface area contributed by atoms with Crippen molar-refractivity contribution in [1.29, 1.82) is 0 Å². The van der Waals surface area contributed by atoms with Crippen LogP contribution in [0.25, 0.3) is 0 Å². The zero-order valence-corrected chi connectivity index (χ0v) is 8.57. The Labute approximate surface area is 90.0 Å². The Hall–Kier alpha value is -1.30. The summed E-state index contributed by atoms with van der Waals surface area (Å²) in [5.74, 6) is -1.83. The highest BCUT2D eigenvalue weighted by Gasteiger charge is 2.38. The Balaban J connectivity index is 3.35. The van der Waals surface area contributed by atoms with Gasteiger partial charge in [-0.05, 0) is 24.6 Å². The van der Waals surface area contributed by atoms with Gasteiger partial charge in [0.1, 0.15) is 17.1 Å². The zero-order valence-electron chi connectivity index (χ0n) is 8.57. The summed E-state index contributed by atoms with van der Waals surface area (Å²) in [5.41, 5.74) is 3.75. The lowest BCUT2D eigenvalue weighted by atomic mass is 10.1. The third kappa shape index (κ3) is 2.44. The average Bonchev–Trinajstić information content (AvgIpc) is 2.19. The molecule has 0 unspecified atom stereocenters. The minimum Gasteiger partial charge on any atom is -0.496 e. The molecule has 0 saturated carbocycles. The van der Waals surface area contributed by atoms with Crippen LogP contribution in [0.3, 0.4) is 0 Å². The molecular formula is C10H11F4NO. The number of nitrogens with two attached hydrogens (primary N) is 1. The van der Waals surface area contributed by atoms with Crippen LogP contribution < -0.4 is 10.5 Å². The van der Waals surface area contributed by atoms with E-state index < -0.39 is 23.3 Å². The highest BCUT2D eigenvalue weighted by Crippen LogP contribution is 2.39. The molecule has 0 aromatic heterocycles. The van der Waals surface area contributed by atoms with Crippen molar-refractivity contribution in [2.24, 2.45) is 5.73 Å². The highest BCUT2D eigenvalue weighted by atomic mass is 19.4. The number of benzene rings is 1. The standard InChI is InChI=1S/C10H11F4NO/c1-16-7-3-2-6(4-5-15)9(11)8(7)10(12,13)14/h2-3H,4-5,15H2,1H3. The first-order valence-electron chi connectivity index (χ1n) is 4.54. The van der Waals surface area contributed by atoms with E-state index in [1.807, 2.05) is 0 Å². The average molecular weight is 237 g/mol. The lowest BCUT2D eigenvalue weighted by molar-refractivity contribution is -0.141. The number of alkyl halides is 3. The molecule has 0 saturated heterocycles. The van der Waals surface area contributed by atoms with Crippen molar-refractivity contribution < 1.29 is 22.3 Å². The van der Waals surface area contributed by atoms with E-state index >= 15 is 0 Å². The summed E-state index contributed by atoms with van der Waals surface area (Å²) in [4.78, 5) is 0. The fraction of sp³-hybridized carbons (Fsp3) is 0.400. The van der Waals surface area contributed by atoms with Gasteiger partial charge in [-0.2, -0.15) is 13.2 Å². The van der Waals surface area contributed by atoms with Gasteiger partial charge in [-0.1, -0.05) is 6.07 Å². The third-order valence-electron chi connectivity index (χ3n) is 2.10. The molecule has 0 radical (unpaired) electrons. The van der Waals surface area contributed by atoms with E-state index in [9.17, 15) is 17.6 Å². The molecule has 0 spiro atoms. The topological polar surface area (TPSA) is 35.2 Å². The van der Waals surface area contributed by atoms with E-state index in [-0.39, 0.29) is 18.5 Å². The molecule has 1 aromatic carbocycles. The minimum absolute atomic E-state index is 0.0545. The Bertz CT molecular complexity index is 376. The molecule has 0 amide bonds. The van der Waals surface area contributed by atoms with E-state index in [4.69, 9.17) is 5.73 Å².